The summed E-state index contributed by atoms with van der Waals surface area (Å²) in [4.78, 5) is 18.4. The highest BCUT2D eigenvalue weighted by atomic mass is 16.4. The first-order valence-corrected chi connectivity index (χ1v) is 7.90. The van der Waals surface area contributed by atoms with E-state index in [1.165, 1.54) is 38.5 Å². The second-order valence-corrected chi connectivity index (χ2v) is 6.48. The number of rotatable bonds is 1. The van der Waals surface area contributed by atoms with Crippen molar-refractivity contribution in [1.29, 1.82) is 0 Å². The van der Waals surface area contributed by atoms with Crippen LogP contribution in [0.4, 0.5) is 0 Å². The molecule has 0 bridgehead atoms. The standard InChI is InChI=1S/C16H24N2O2/c1-13-12-17-14(20-13)15(19)18-10-5-8-16(9-11-18)6-3-2-4-7-16/h12H,2-11H2,1H3. The highest BCUT2D eigenvalue weighted by Crippen LogP contribution is 2.44. The fraction of sp³-hybridized carbons (Fsp3) is 0.750. The average Bonchev–Trinajstić information content (AvgIpc) is 2.79. The predicted molar refractivity (Wildman–Crippen MR) is 76.5 cm³/mol. The van der Waals surface area contributed by atoms with Crippen LogP contribution in [0.1, 0.15) is 67.8 Å². The Morgan fingerprint density at radius 1 is 1.15 bits per heavy atom. The summed E-state index contributed by atoms with van der Waals surface area (Å²) in [5.74, 6) is 0.917. The topological polar surface area (TPSA) is 46.3 Å². The van der Waals surface area contributed by atoms with Crippen molar-refractivity contribution in [3.8, 4) is 0 Å². The predicted octanol–water partition coefficient (Wildman–Crippen LogP) is 3.56. The van der Waals surface area contributed by atoms with Crippen molar-refractivity contribution < 1.29 is 9.21 Å². The van der Waals surface area contributed by atoms with E-state index in [0.717, 1.165) is 25.9 Å². The maximum atomic E-state index is 12.4. The van der Waals surface area contributed by atoms with Crippen LogP contribution in [-0.4, -0.2) is 28.9 Å². The van der Waals surface area contributed by atoms with Gasteiger partial charge in [0.2, 0.25) is 0 Å². The number of aryl methyl sites for hydroxylation is 1. The van der Waals surface area contributed by atoms with Gasteiger partial charge in [-0.1, -0.05) is 19.3 Å². The third-order valence-corrected chi connectivity index (χ3v) is 5.05. The summed E-state index contributed by atoms with van der Waals surface area (Å²) >= 11 is 0. The van der Waals surface area contributed by atoms with Crippen LogP contribution in [0.3, 0.4) is 0 Å². The van der Waals surface area contributed by atoms with Crippen LogP contribution in [0.25, 0.3) is 0 Å². The fourth-order valence-corrected chi connectivity index (χ4v) is 3.85. The number of hydrogen-bond donors (Lipinski definition) is 0. The molecular weight excluding hydrogens is 252 g/mol. The Kier molecular flexibility index (Phi) is 3.81. The zero-order valence-corrected chi connectivity index (χ0v) is 12.4. The molecule has 110 valence electrons. The van der Waals surface area contributed by atoms with E-state index in [9.17, 15) is 4.79 Å². The summed E-state index contributed by atoms with van der Waals surface area (Å²) in [5.41, 5.74) is 0.514. The number of oxazole rings is 1. The van der Waals surface area contributed by atoms with Gasteiger partial charge in [-0.3, -0.25) is 4.79 Å². The van der Waals surface area contributed by atoms with Crippen LogP contribution < -0.4 is 0 Å². The van der Waals surface area contributed by atoms with Gasteiger partial charge in [-0.2, -0.15) is 0 Å². The molecule has 1 aromatic rings. The normalized spacial score (nSPS) is 22.8. The fourth-order valence-electron chi connectivity index (χ4n) is 3.85. The number of carbonyl (C=O) groups is 1. The molecular formula is C16H24N2O2. The molecule has 2 fully saturated rings. The first-order valence-electron chi connectivity index (χ1n) is 7.90. The van der Waals surface area contributed by atoms with Gasteiger partial charge in [-0.05, 0) is 44.4 Å². The molecule has 2 heterocycles. The molecule has 0 aromatic carbocycles. The lowest BCUT2D eigenvalue weighted by Crippen LogP contribution is -2.33. The quantitative estimate of drug-likeness (QED) is 0.788. The molecule has 1 aliphatic carbocycles. The van der Waals surface area contributed by atoms with E-state index >= 15 is 0 Å². The summed E-state index contributed by atoms with van der Waals surface area (Å²) in [6, 6.07) is 0. The van der Waals surface area contributed by atoms with E-state index in [1.807, 2.05) is 11.8 Å². The van der Waals surface area contributed by atoms with Gasteiger partial charge in [0.25, 0.3) is 5.89 Å². The minimum absolute atomic E-state index is 0.0361. The second-order valence-electron chi connectivity index (χ2n) is 6.48. The number of hydrogen-bond acceptors (Lipinski definition) is 3. The highest BCUT2D eigenvalue weighted by Gasteiger charge is 2.35. The Balaban J connectivity index is 1.66. The van der Waals surface area contributed by atoms with Gasteiger partial charge >= 0.3 is 5.91 Å². The van der Waals surface area contributed by atoms with Crippen LogP contribution in [0.15, 0.2) is 10.6 Å². The summed E-state index contributed by atoms with van der Waals surface area (Å²) in [6.45, 7) is 3.53. The van der Waals surface area contributed by atoms with Gasteiger partial charge < -0.3 is 9.32 Å². The van der Waals surface area contributed by atoms with E-state index in [0.29, 0.717) is 11.2 Å². The van der Waals surface area contributed by atoms with E-state index < -0.39 is 0 Å². The minimum atomic E-state index is -0.0361. The Morgan fingerprint density at radius 2 is 1.90 bits per heavy atom. The number of likely N-dealkylation sites (tertiary alicyclic amines) is 1. The van der Waals surface area contributed by atoms with E-state index in [-0.39, 0.29) is 11.8 Å². The van der Waals surface area contributed by atoms with Crippen molar-refractivity contribution >= 4 is 5.91 Å². The molecule has 1 saturated heterocycles. The second kappa shape index (κ2) is 5.58. The molecule has 20 heavy (non-hydrogen) atoms. The van der Waals surface area contributed by atoms with E-state index in [1.54, 1.807) is 6.20 Å². The lowest BCUT2D eigenvalue weighted by Gasteiger charge is -2.36. The molecule has 4 heteroatoms. The summed E-state index contributed by atoms with van der Waals surface area (Å²) < 4.78 is 5.37. The zero-order valence-electron chi connectivity index (χ0n) is 12.4. The third-order valence-electron chi connectivity index (χ3n) is 5.05. The van der Waals surface area contributed by atoms with Crippen LogP contribution in [0, 0.1) is 12.3 Å². The van der Waals surface area contributed by atoms with Crippen molar-refractivity contribution in [3.05, 3.63) is 17.8 Å². The molecule has 1 aliphatic heterocycles. The van der Waals surface area contributed by atoms with Gasteiger partial charge in [0.15, 0.2) is 0 Å². The van der Waals surface area contributed by atoms with Gasteiger partial charge in [0.1, 0.15) is 5.76 Å². The van der Waals surface area contributed by atoms with Gasteiger partial charge in [-0.25, -0.2) is 4.98 Å². The Morgan fingerprint density at radius 3 is 2.60 bits per heavy atom. The molecule has 1 aromatic heterocycles. The summed E-state index contributed by atoms with van der Waals surface area (Å²) in [7, 11) is 0. The van der Waals surface area contributed by atoms with Crippen molar-refractivity contribution in [2.24, 2.45) is 5.41 Å². The number of amides is 1. The number of nitrogens with zero attached hydrogens (tertiary/aromatic N) is 2. The van der Waals surface area contributed by atoms with Crippen LogP contribution in [-0.2, 0) is 0 Å². The first kappa shape index (κ1) is 13.7. The Labute approximate surface area is 120 Å². The maximum absolute atomic E-state index is 12.4. The maximum Gasteiger partial charge on any atom is 0.309 e. The van der Waals surface area contributed by atoms with Crippen LogP contribution >= 0.6 is 0 Å². The molecule has 0 radical (unpaired) electrons. The van der Waals surface area contributed by atoms with Gasteiger partial charge in [0, 0.05) is 13.1 Å². The van der Waals surface area contributed by atoms with Gasteiger partial charge in [-0.15, -0.1) is 0 Å². The molecule has 1 spiro atoms. The van der Waals surface area contributed by atoms with E-state index in [2.05, 4.69) is 4.98 Å². The highest BCUT2D eigenvalue weighted by molar-refractivity contribution is 5.89. The molecule has 2 aliphatic rings. The Hall–Kier alpha value is -1.32. The smallest absolute Gasteiger partial charge is 0.309 e. The van der Waals surface area contributed by atoms with Crippen molar-refractivity contribution in [3.63, 3.8) is 0 Å². The molecule has 1 saturated carbocycles. The SMILES string of the molecule is Cc1cnc(C(=O)N2CCCC3(CCCCC3)CC2)o1. The largest absolute Gasteiger partial charge is 0.438 e. The van der Waals surface area contributed by atoms with Crippen molar-refractivity contribution in [2.45, 2.75) is 58.3 Å². The number of aromatic nitrogens is 1. The lowest BCUT2D eigenvalue weighted by atomic mass is 9.69. The van der Waals surface area contributed by atoms with Crippen LogP contribution in [0.5, 0.6) is 0 Å². The van der Waals surface area contributed by atoms with Crippen LogP contribution in [0.2, 0.25) is 0 Å². The molecule has 0 atom stereocenters. The lowest BCUT2D eigenvalue weighted by molar-refractivity contribution is 0.0708. The molecule has 1 amide bonds. The summed E-state index contributed by atoms with van der Waals surface area (Å²) in [5, 5.41) is 0. The summed E-state index contributed by atoms with van der Waals surface area (Å²) in [6.07, 6.45) is 12.0. The minimum Gasteiger partial charge on any atom is -0.438 e. The Bertz CT molecular complexity index is 475. The molecule has 0 unspecified atom stereocenters. The third kappa shape index (κ3) is 2.74. The first-order chi connectivity index (χ1) is 9.69. The molecule has 0 N–H and O–H groups in total. The van der Waals surface area contributed by atoms with Crippen molar-refractivity contribution in [1.82, 2.24) is 9.88 Å². The van der Waals surface area contributed by atoms with Crippen molar-refractivity contribution in [2.75, 3.05) is 13.1 Å². The molecule has 4 nitrogen and oxygen atoms in total. The van der Waals surface area contributed by atoms with Gasteiger partial charge in [0.05, 0.1) is 6.20 Å². The monoisotopic (exact) mass is 276 g/mol. The average molecular weight is 276 g/mol. The zero-order chi connectivity index (χ0) is 14.0. The molecule has 3 rings (SSSR count). The number of carbonyl (C=O) groups excluding carboxylic acids is 1. The van der Waals surface area contributed by atoms with E-state index in [4.69, 9.17) is 4.42 Å².